The smallest absolute Gasteiger partial charge is 0.412 e. The molecule has 0 aliphatic rings. The molecule has 5 N–H and O–H groups in total. The van der Waals surface area contributed by atoms with Gasteiger partial charge >= 0.3 is 18.0 Å². The van der Waals surface area contributed by atoms with E-state index < -0.39 is 23.8 Å². The minimum Gasteiger partial charge on any atom is -0.467 e. The van der Waals surface area contributed by atoms with Crippen LogP contribution in [0, 0.1) is 0 Å². The molecule has 15 heteroatoms. The number of aromatic nitrogens is 4. The Balaban J connectivity index is 0.000000267. The lowest BCUT2D eigenvalue weighted by Gasteiger charge is -2.19. The fourth-order valence-corrected chi connectivity index (χ4v) is 5.72. The number of carbonyl (C=O) groups excluding carboxylic acids is 3. The first-order valence-electron chi connectivity index (χ1n) is 18.8. The van der Waals surface area contributed by atoms with Crippen LogP contribution >= 0.6 is 12.4 Å². The van der Waals surface area contributed by atoms with Crippen molar-refractivity contribution in [2.75, 3.05) is 35.9 Å². The van der Waals surface area contributed by atoms with Crippen molar-refractivity contribution < 1.29 is 28.6 Å². The molecule has 0 aliphatic heterocycles. The fourth-order valence-electron chi connectivity index (χ4n) is 5.72. The molecule has 6 aromatic rings. The Kier molecular flexibility index (Phi) is 16.9. The Bertz CT molecular complexity index is 2280. The summed E-state index contributed by atoms with van der Waals surface area (Å²) in [6.07, 6.45) is 3.33. The second-order valence-corrected chi connectivity index (χ2v) is 14.2. The molecule has 0 saturated heterocycles. The summed E-state index contributed by atoms with van der Waals surface area (Å²) in [6, 6.07) is 36.5. The van der Waals surface area contributed by atoms with Crippen molar-refractivity contribution >= 4 is 53.4 Å². The molecule has 14 nitrogen and oxygen atoms in total. The van der Waals surface area contributed by atoms with Crippen molar-refractivity contribution in [3.8, 4) is 22.5 Å². The van der Waals surface area contributed by atoms with Crippen LogP contribution in [0.1, 0.15) is 31.9 Å². The molecule has 0 saturated carbocycles. The summed E-state index contributed by atoms with van der Waals surface area (Å²) in [5, 5.41) is 9.00. The predicted octanol–water partition coefficient (Wildman–Crippen LogP) is 8.03. The van der Waals surface area contributed by atoms with Crippen molar-refractivity contribution in [1.82, 2.24) is 19.9 Å². The van der Waals surface area contributed by atoms with Crippen LogP contribution in [0.5, 0.6) is 0 Å². The molecule has 0 bridgehead atoms. The Labute approximate surface area is 355 Å². The molecular formula is C45H49ClN8O6. The fraction of sp³-hybridized carbons (Fsp3) is 0.222. The summed E-state index contributed by atoms with van der Waals surface area (Å²) in [6.45, 7) is 5.42. The molecule has 6 rings (SSSR count). The highest BCUT2D eigenvalue weighted by Gasteiger charge is 2.22. The van der Waals surface area contributed by atoms with E-state index in [1.54, 1.807) is 45.0 Å². The van der Waals surface area contributed by atoms with E-state index in [9.17, 15) is 14.4 Å². The number of nitrogens with zero attached hydrogens (tertiary/aromatic N) is 4. The van der Waals surface area contributed by atoms with Crippen LogP contribution < -0.4 is 21.7 Å². The Hall–Kier alpha value is -7.06. The molecule has 0 spiro atoms. The number of anilines is 4. The number of nitrogens with two attached hydrogens (primary N) is 1. The van der Waals surface area contributed by atoms with E-state index in [-0.39, 0.29) is 24.3 Å². The van der Waals surface area contributed by atoms with Crippen molar-refractivity contribution in [3.05, 3.63) is 145 Å². The van der Waals surface area contributed by atoms with E-state index >= 15 is 0 Å². The molecule has 2 atom stereocenters. The highest BCUT2D eigenvalue weighted by atomic mass is 35.5. The van der Waals surface area contributed by atoms with Crippen LogP contribution in [0.25, 0.3) is 22.5 Å². The van der Waals surface area contributed by atoms with Gasteiger partial charge in [-0.25, -0.2) is 34.3 Å². The van der Waals surface area contributed by atoms with Gasteiger partial charge in [-0.2, -0.15) is 0 Å². The number of rotatable bonds is 13. The van der Waals surface area contributed by atoms with Gasteiger partial charge in [0.1, 0.15) is 42.0 Å². The van der Waals surface area contributed by atoms with Crippen molar-refractivity contribution in [2.45, 2.75) is 51.3 Å². The number of carbonyl (C=O) groups is 3. The summed E-state index contributed by atoms with van der Waals surface area (Å²) >= 11 is 0. The maximum atomic E-state index is 12.3. The molecule has 2 heterocycles. The number of methoxy groups -OCH3 is 2. The lowest BCUT2D eigenvalue weighted by molar-refractivity contribution is -0.142. The number of ether oxygens (including phenoxy) is 3. The van der Waals surface area contributed by atoms with E-state index in [2.05, 4.69) is 35.9 Å². The van der Waals surface area contributed by atoms with Gasteiger partial charge < -0.3 is 30.6 Å². The average Bonchev–Trinajstić information content (AvgIpc) is 3.23. The number of halogens is 1. The Morgan fingerprint density at radius 3 is 1.43 bits per heavy atom. The molecule has 2 unspecified atom stereocenters. The number of esters is 2. The molecule has 2 aromatic heterocycles. The summed E-state index contributed by atoms with van der Waals surface area (Å²) in [7, 11) is 2.74. The van der Waals surface area contributed by atoms with Crippen LogP contribution in [-0.4, -0.2) is 69.9 Å². The SMILES string of the molecule is COC(=O)C(Cc1ccccc1)Nc1cc(-c2ccc(N)cc2)ncn1.COC(=O)C(Cc1ccccc1)Nc1cc(-c2ccc(NC(=O)OC(C)(C)C)cc2)ncn1.Cl. The van der Waals surface area contributed by atoms with Gasteiger partial charge in [-0.05, 0) is 56.2 Å². The highest BCUT2D eigenvalue weighted by molar-refractivity contribution is 5.86. The van der Waals surface area contributed by atoms with E-state index in [1.165, 1.54) is 26.9 Å². The van der Waals surface area contributed by atoms with Crippen molar-refractivity contribution in [3.63, 3.8) is 0 Å². The molecule has 0 aliphatic carbocycles. The molecular weight excluding hydrogens is 784 g/mol. The Morgan fingerprint density at radius 2 is 1.03 bits per heavy atom. The monoisotopic (exact) mass is 832 g/mol. The molecule has 4 aromatic carbocycles. The number of amides is 1. The zero-order valence-electron chi connectivity index (χ0n) is 34.0. The minimum absolute atomic E-state index is 0. The van der Waals surface area contributed by atoms with Crippen LogP contribution in [0.3, 0.4) is 0 Å². The molecule has 60 heavy (non-hydrogen) atoms. The van der Waals surface area contributed by atoms with E-state index in [0.717, 1.165) is 27.9 Å². The van der Waals surface area contributed by atoms with Crippen LogP contribution in [0.4, 0.5) is 27.8 Å². The second-order valence-electron chi connectivity index (χ2n) is 14.2. The van der Waals surface area contributed by atoms with Gasteiger partial charge in [0.25, 0.3) is 0 Å². The molecule has 1 amide bonds. The first-order valence-corrected chi connectivity index (χ1v) is 18.8. The highest BCUT2D eigenvalue weighted by Crippen LogP contribution is 2.23. The maximum Gasteiger partial charge on any atom is 0.412 e. The molecule has 0 radical (unpaired) electrons. The van der Waals surface area contributed by atoms with Crippen LogP contribution in [0.2, 0.25) is 0 Å². The Morgan fingerprint density at radius 1 is 0.617 bits per heavy atom. The van der Waals surface area contributed by atoms with Gasteiger partial charge in [0.05, 0.1) is 25.6 Å². The van der Waals surface area contributed by atoms with Gasteiger partial charge in [-0.15, -0.1) is 12.4 Å². The van der Waals surface area contributed by atoms with Gasteiger partial charge in [-0.3, -0.25) is 5.32 Å². The first-order chi connectivity index (χ1) is 28.4. The van der Waals surface area contributed by atoms with E-state index in [0.29, 0.717) is 41.5 Å². The van der Waals surface area contributed by atoms with E-state index in [1.807, 2.05) is 97.1 Å². The van der Waals surface area contributed by atoms with Gasteiger partial charge in [0.15, 0.2) is 0 Å². The molecule has 0 fully saturated rings. The number of nitrogens with one attached hydrogen (secondary N) is 3. The van der Waals surface area contributed by atoms with Gasteiger partial charge in [0, 0.05) is 47.5 Å². The maximum absolute atomic E-state index is 12.3. The third kappa shape index (κ3) is 14.4. The number of hydrogen-bond acceptors (Lipinski definition) is 13. The number of hydrogen-bond donors (Lipinski definition) is 4. The lowest BCUT2D eigenvalue weighted by atomic mass is 10.1. The zero-order chi connectivity index (χ0) is 42.2. The van der Waals surface area contributed by atoms with Crippen LogP contribution in [-0.2, 0) is 36.6 Å². The summed E-state index contributed by atoms with van der Waals surface area (Å²) in [5.41, 5.74) is 11.6. The standard InChI is InChI=1S/C25H28N4O4.C20H20N4O2.ClH/c1-25(2,3)33-24(31)28-19-12-10-18(11-13-19)20-15-22(27-16-26-20)29-21(23(30)32-4)14-17-8-6-5-7-9-17;1-26-20(25)18(11-14-5-3-2-4-6-14)24-19-12-17(22-13-23-19)15-7-9-16(21)10-8-15;/h5-13,15-16,21H,14H2,1-4H3,(H,28,31)(H,26,27,29);2-10,12-13,18H,11,21H2,1H3,(H,22,23,24);1H. The summed E-state index contributed by atoms with van der Waals surface area (Å²) in [4.78, 5) is 53.5. The lowest BCUT2D eigenvalue weighted by Crippen LogP contribution is -2.33. The quantitative estimate of drug-likeness (QED) is 0.0497. The number of nitrogen functional groups attached to an aromatic ring is 1. The predicted molar refractivity (Wildman–Crippen MR) is 236 cm³/mol. The van der Waals surface area contributed by atoms with Gasteiger partial charge in [0.2, 0.25) is 0 Å². The normalized spacial score (nSPS) is 11.6. The summed E-state index contributed by atoms with van der Waals surface area (Å²) < 4.78 is 15.1. The largest absolute Gasteiger partial charge is 0.467 e. The topological polar surface area (TPSA) is 193 Å². The third-order valence-corrected chi connectivity index (χ3v) is 8.55. The zero-order valence-corrected chi connectivity index (χ0v) is 34.8. The van der Waals surface area contributed by atoms with Gasteiger partial charge in [-0.1, -0.05) is 84.9 Å². The minimum atomic E-state index is -0.597. The second kappa shape index (κ2) is 22.2. The van der Waals surface area contributed by atoms with E-state index in [4.69, 9.17) is 19.9 Å². The summed E-state index contributed by atoms with van der Waals surface area (Å²) in [5.74, 6) is 0.332. The third-order valence-electron chi connectivity index (χ3n) is 8.55. The number of benzene rings is 4. The first kappa shape index (κ1) is 45.6. The molecule has 312 valence electrons. The van der Waals surface area contributed by atoms with Crippen LogP contribution in [0.15, 0.2) is 134 Å². The van der Waals surface area contributed by atoms with Crippen molar-refractivity contribution in [1.29, 1.82) is 0 Å². The van der Waals surface area contributed by atoms with Crippen molar-refractivity contribution in [2.24, 2.45) is 0 Å². The average molecular weight is 833 g/mol.